The van der Waals surface area contributed by atoms with Gasteiger partial charge in [0.05, 0.1) is 44.0 Å². The van der Waals surface area contributed by atoms with Crippen LogP contribution in [0.2, 0.25) is 0 Å². The second kappa shape index (κ2) is 11.4. The molecule has 4 saturated heterocycles. The number of thioether (sulfide) groups is 1. The van der Waals surface area contributed by atoms with Crippen LogP contribution < -0.4 is 14.5 Å². The van der Waals surface area contributed by atoms with Crippen molar-refractivity contribution in [3.05, 3.63) is 66.5 Å². The number of rotatable bonds is 8. The number of nitrogens with one attached hydrogen (secondary N) is 1. The van der Waals surface area contributed by atoms with Gasteiger partial charge in [-0.1, -0.05) is 35.5 Å². The molecule has 4 fully saturated rings. The summed E-state index contributed by atoms with van der Waals surface area (Å²) in [6.45, 7) is 6.24. The zero-order valence-corrected chi connectivity index (χ0v) is 22.9. The maximum Gasteiger partial charge on any atom is 0.231 e. The first kappa shape index (κ1) is 25.2. The first-order valence-electron chi connectivity index (χ1n) is 13.8. The van der Waals surface area contributed by atoms with Crippen molar-refractivity contribution in [3.8, 4) is 5.75 Å². The van der Waals surface area contributed by atoms with Crippen molar-refractivity contribution < 1.29 is 14.4 Å². The van der Waals surface area contributed by atoms with Gasteiger partial charge in [-0.15, -0.1) is 16.9 Å². The number of quaternary nitrogens is 1. The molecule has 5 heterocycles. The first-order chi connectivity index (χ1) is 18.7. The number of hydrogen-bond acceptors (Lipinski definition) is 6. The predicted molar refractivity (Wildman–Crippen MR) is 149 cm³/mol. The summed E-state index contributed by atoms with van der Waals surface area (Å²) in [5, 5.41) is 8.84. The topological polar surface area (TPSA) is 67.9 Å². The molecule has 200 valence electrons. The van der Waals surface area contributed by atoms with Gasteiger partial charge in [-0.25, -0.2) is 4.68 Å². The Hall–Kier alpha value is -3.04. The Labute approximate surface area is 228 Å². The van der Waals surface area contributed by atoms with Gasteiger partial charge in [-0.2, -0.15) is 0 Å². The van der Waals surface area contributed by atoms with E-state index in [4.69, 9.17) is 4.74 Å². The Morgan fingerprint density at radius 1 is 1.08 bits per heavy atom. The molecule has 2 bridgehead atoms. The minimum absolute atomic E-state index is 0.154. The number of aromatic nitrogens is 3. The van der Waals surface area contributed by atoms with E-state index in [0.29, 0.717) is 17.9 Å². The Bertz CT molecular complexity index is 1230. The first-order valence-corrected chi connectivity index (χ1v) is 14.7. The number of carbonyl (C=O) groups excluding carboxylic acids is 1. The zero-order chi connectivity index (χ0) is 25.9. The maximum atomic E-state index is 13.6. The number of ether oxygens (including phenoxy) is 1. The Morgan fingerprint density at radius 2 is 1.87 bits per heavy atom. The summed E-state index contributed by atoms with van der Waals surface area (Å²) in [5.74, 6) is 2.73. The van der Waals surface area contributed by atoms with Crippen LogP contribution in [0.1, 0.15) is 18.5 Å². The minimum atomic E-state index is 0.154. The van der Waals surface area contributed by atoms with Gasteiger partial charge < -0.3 is 19.4 Å². The molecule has 4 aliphatic rings. The van der Waals surface area contributed by atoms with Crippen molar-refractivity contribution in [3.63, 3.8) is 0 Å². The van der Waals surface area contributed by atoms with Crippen molar-refractivity contribution in [1.29, 1.82) is 0 Å². The number of piperazine rings is 1. The number of para-hydroxylation sites is 2. The Balaban J connectivity index is 1.01. The molecule has 1 amide bonds. The molecule has 1 N–H and O–H groups in total. The number of methoxy groups -OCH3 is 1. The molecule has 4 aliphatic heterocycles. The summed E-state index contributed by atoms with van der Waals surface area (Å²) in [6.07, 6.45) is 4.35. The third-order valence-corrected chi connectivity index (χ3v) is 9.56. The fourth-order valence-electron chi connectivity index (χ4n) is 6.49. The fourth-order valence-corrected chi connectivity index (χ4v) is 7.28. The van der Waals surface area contributed by atoms with E-state index in [2.05, 4.69) is 56.6 Å². The molecule has 0 aliphatic carbocycles. The average molecular weight is 534 g/mol. The van der Waals surface area contributed by atoms with Crippen molar-refractivity contribution in [1.82, 2.24) is 19.9 Å². The molecule has 0 spiro atoms. The van der Waals surface area contributed by atoms with Crippen LogP contribution in [-0.4, -0.2) is 78.2 Å². The standard InChI is InChI=1S/C29H36N6O2S/c1-37-28-10-6-5-9-27(28)32-13-15-33(16-14-32)29(36)26-20-34-12-11-22(26)17-24(34)19-35-18-23(30-31-35)21-38-25-7-3-2-4-8-25/h2-10,18,22,24,26H,11-17,19-21H2,1H3/p+1/t22-,24-,26+/m1/s1. The molecular weight excluding hydrogens is 496 g/mol. The number of piperidine rings is 3. The van der Waals surface area contributed by atoms with Crippen molar-refractivity contribution >= 4 is 23.4 Å². The third kappa shape index (κ3) is 5.40. The molecule has 9 heteroatoms. The lowest BCUT2D eigenvalue weighted by molar-refractivity contribution is -0.945. The van der Waals surface area contributed by atoms with Crippen LogP contribution in [0.5, 0.6) is 5.75 Å². The minimum Gasteiger partial charge on any atom is -0.495 e. The highest BCUT2D eigenvalue weighted by molar-refractivity contribution is 7.98. The van der Waals surface area contributed by atoms with Gasteiger partial charge in [-0.3, -0.25) is 4.79 Å². The number of anilines is 1. The summed E-state index contributed by atoms with van der Waals surface area (Å²) in [4.78, 5) is 20.9. The quantitative estimate of drug-likeness (QED) is 0.448. The van der Waals surface area contributed by atoms with Gasteiger partial charge in [0.15, 0.2) is 0 Å². The lowest BCUT2D eigenvalue weighted by Crippen LogP contribution is -3.20. The second-order valence-electron chi connectivity index (χ2n) is 10.7. The smallest absolute Gasteiger partial charge is 0.231 e. The van der Waals surface area contributed by atoms with E-state index in [0.717, 1.165) is 81.5 Å². The number of amides is 1. The third-order valence-electron chi connectivity index (χ3n) is 8.51. The number of fused-ring (bicyclic) bond motifs is 3. The van der Waals surface area contributed by atoms with Crippen LogP contribution >= 0.6 is 11.8 Å². The Kier molecular flexibility index (Phi) is 7.56. The predicted octanol–water partition coefficient (Wildman–Crippen LogP) is 2.22. The molecule has 2 aromatic carbocycles. The molecule has 4 atom stereocenters. The van der Waals surface area contributed by atoms with Crippen LogP contribution in [0.25, 0.3) is 0 Å². The summed E-state index contributed by atoms with van der Waals surface area (Å²) < 4.78 is 7.57. The van der Waals surface area contributed by atoms with Crippen LogP contribution in [0.3, 0.4) is 0 Å². The summed E-state index contributed by atoms with van der Waals surface area (Å²) in [5.41, 5.74) is 2.14. The van der Waals surface area contributed by atoms with Crippen LogP contribution in [0.15, 0.2) is 65.7 Å². The number of hydrogen-bond donors (Lipinski definition) is 1. The lowest BCUT2D eigenvalue weighted by atomic mass is 9.75. The molecular formula is C29H37N6O2S+. The monoisotopic (exact) mass is 533 g/mol. The highest BCUT2D eigenvalue weighted by Crippen LogP contribution is 2.31. The van der Waals surface area contributed by atoms with Crippen molar-refractivity contribution in [2.45, 2.75) is 36.1 Å². The summed E-state index contributed by atoms with van der Waals surface area (Å²) in [7, 11) is 1.72. The lowest BCUT2D eigenvalue weighted by Gasteiger charge is -2.47. The fraction of sp³-hybridized carbons (Fsp3) is 0.483. The van der Waals surface area contributed by atoms with Crippen LogP contribution in [-0.2, 0) is 17.1 Å². The van der Waals surface area contributed by atoms with Gasteiger partial charge in [0.1, 0.15) is 11.8 Å². The van der Waals surface area contributed by atoms with E-state index >= 15 is 0 Å². The molecule has 3 aromatic rings. The van der Waals surface area contributed by atoms with Crippen molar-refractivity contribution in [2.75, 3.05) is 51.3 Å². The van der Waals surface area contributed by atoms with Gasteiger partial charge in [0, 0.05) is 55.9 Å². The molecule has 7 rings (SSSR count). The highest BCUT2D eigenvalue weighted by atomic mass is 32.2. The van der Waals surface area contributed by atoms with Crippen LogP contribution in [0.4, 0.5) is 5.69 Å². The summed E-state index contributed by atoms with van der Waals surface area (Å²) >= 11 is 1.79. The van der Waals surface area contributed by atoms with E-state index in [-0.39, 0.29) is 5.92 Å². The molecule has 8 nitrogen and oxygen atoms in total. The van der Waals surface area contributed by atoms with E-state index < -0.39 is 0 Å². The molecule has 1 unspecified atom stereocenters. The highest BCUT2D eigenvalue weighted by Gasteiger charge is 2.48. The normalized spacial score (nSPS) is 25.0. The van der Waals surface area contributed by atoms with E-state index in [1.54, 1.807) is 23.8 Å². The summed E-state index contributed by atoms with van der Waals surface area (Å²) in [6, 6.07) is 19.1. The largest absolute Gasteiger partial charge is 0.495 e. The van der Waals surface area contributed by atoms with Crippen LogP contribution in [0, 0.1) is 11.8 Å². The SMILES string of the molecule is COc1ccccc1N1CCN(C(=O)[C@H]2C[NH+]3CC[C@@H]2C[C@@H]3Cn2cc(CSc3ccccc3)nn2)CC1. The van der Waals surface area contributed by atoms with Gasteiger partial charge >= 0.3 is 0 Å². The molecule has 38 heavy (non-hydrogen) atoms. The molecule has 0 saturated carbocycles. The maximum absolute atomic E-state index is 13.6. The van der Waals surface area contributed by atoms with E-state index in [9.17, 15) is 4.79 Å². The Morgan fingerprint density at radius 3 is 2.63 bits per heavy atom. The van der Waals surface area contributed by atoms with Gasteiger partial charge in [0.2, 0.25) is 5.91 Å². The average Bonchev–Trinajstić information content (AvgIpc) is 3.44. The number of benzene rings is 2. The van der Waals surface area contributed by atoms with E-state index in [1.165, 1.54) is 4.90 Å². The number of nitrogens with zero attached hydrogens (tertiary/aromatic N) is 5. The van der Waals surface area contributed by atoms with Gasteiger partial charge in [0.25, 0.3) is 0 Å². The van der Waals surface area contributed by atoms with Gasteiger partial charge in [-0.05, 0) is 30.2 Å². The zero-order valence-electron chi connectivity index (χ0n) is 22.0. The molecule has 1 aromatic heterocycles. The number of carbonyl (C=O) groups is 1. The molecule has 0 radical (unpaired) electrons. The second-order valence-corrected chi connectivity index (χ2v) is 11.8. The van der Waals surface area contributed by atoms with Crippen molar-refractivity contribution in [2.24, 2.45) is 11.8 Å². The van der Waals surface area contributed by atoms with E-state index in [1.807, 2.05) is 28.9 Å².